The minimum absolute atomic E-state index is 0.545. The molecule has 6 nitrogen and oxygen atoms in total. The van der Waals surface area contributed by atoms with Crippen molar-refractivity contribution in [2.45, 2.75) is 13.2 Å². The molecule has 29 heavy (non-hydrogen) atoms. The van der Waals surface area contributed by atoms with Crippen molar-refractivity contribution in [3.05, 3.63) is 103 Å². The Bertz CT molecular complexity index is 1020. The Morgan fingerprint density at radius 1 is 0.759 bits per heavy atom. The monoisotopic (exact) mass is 383 g/mol. The molecule has 6 heteroatoms. The first-order valence-electron chi connectivity index (χ1n) is 9.36. The van der Waals surface area contributed by atoms with Crippen LogP contribution in [0.3, 0.4) is 0 Å². The molecule has 2 aromatic carbocycles. The Morgan fingerprint density at radius 2 is 1.59 bits per heavy atom. The highest BCUT2D eigenvalue weighted by Gasteiger charge is 2.02. The third-order valence-electron chi connectivity index (χ3n) is 4.18. The summed E-state index contributed by atoms with van der Waals surface area (Å²) in [6.45, 7) is 1.11. The van der Waals surface area contributed by atoms with Crippen molar-refractivity contribution in [1.82, 2.24) is 15.0 Å². The highest BCUT2D eigenvalue weighted by molar-refractivity contribution is 5.57. The van der Waals surface area contributed by atoms with E-state index in [4.69, 9.17) is 4.74 Å². The predicted molar refractivity (Wildman–Crippen MR) is 114 cm³/mol. The average molecular weight is 383 g/mol. The van der Waals surface area contributed by atoms with E-state index in [0.29, 0.717) is 24.9 Å². The normalized spacial score (nSPS) is 10.3. The van der Waals surface area contributed by atoms with Crippen molar-refractivity contribution in [2.75, 3.05) is 10.6 Å². The molecule has 4 rings (SSSR count). The summed E-state index contributed by atoms with van der Waals surface area (Å²) in [5, 5.41) is 6.47. The predicted octanol–water partition coefficient (Wildman–Crippen LogP) is 4.81. The number of nitrogens with zero attached hydrogens (tertiary/aromatic N) is 3. The smallest absolute Gasteiger partial charge is 0.224 e. The second kappa shape index (κ2) is 9.32. The molecule has 0 radical (unpaired) electrons. The standard InChI is InChI=1S/C23H21N5O/c1-2-6-18(7-3-1)17-29-21-11-9-19(10-12-21)27-22-13-15-25-23(28-22)26-16-20-8-4-5-14-24-20/h1-15H,16-17H2,(H2,25,26,27,28). The minimum atomic E-state index is 0.545. The van der Waals surface area contributed by atoms with Crippen LogP contribution in [0.2, 0.25) is 0 Å². The Kier molecular flexibility index (Phi) is 5.93. The molecule has 2 aromatic heterocycles. The van der Waals surface area contributed by atoms with Gasteiger partial charge in [0.2, 0.25) is 5.95 Å². The van der Waals surface area contributed by atoms with Crippen molar-refractivity contribution in [3.8, 4) is 5.75 Å². The number of pyridine rings is 1. The molecule has 0 bridgehead atoms. The van der Waals surface area contributed by atoms with Gasteiger partial charge in [-0.15, -0.1) is 0 Å². The number of aromatic nitrogens is 3. The van der Waals surface area contributed by atoms with Crippen molar-refractivity contribution in [1.29, 1.82) is 0 Å². The lowest BCUT2D eigenvalue weighted by atomic mass is 10.2. The van der Waals surface area contributed by atoms with Gasteiger partial charge in [-0.3, -0.25) is 4.98 Å². The summed E-state index contributed by atoms with van der Waals surface area (Å²) >= 11 is 0. The van der Waals surface area contributed by atoms with Gasteiger partial charge in [0.15, 0.2) is 0 Å². The number of benzene rings is 2. The van der Waals surface area contributed by atoms with Crippen LogP contribution in [0.4, 0.5) is 17.5 Å². The Morgan fingerprint density at radius 3 is 2.38 bits per heavy atom. The molecule has 0 amide bonds. The Labute approximate surface area is 169 Å². The molecule has 2 N–H and O–H groups in total. The zero-order valence-corrected chi connectivity index (χ0v) is 15.8. The number of nitrogens with one attached hydrogen (secondary N) is 2. The summed E-state index contributed by atoms with van der Waals surface area (Å²) in [6, 6.07) is 25.5. The van der Waals surface area contributed by atoms with Gasteiger partial charge in [0.1, 0.15) is 18.2 Å². The van der Waals surface area contributed by atoms with E-state index in [1.165, 1.54) is 0 Å². The van der Waals surface area contributed by atoms with Gasteiger partial charge in [-0.05, 0) is 48.0 Å². The lowest BCUT2D eigenvalue weighted by Gasteiger charge is -2.10. The van der Waals surface area contributed by atoms with E-state index < -0.39 is 0 Å². The number of hydrogen-bond donors (Lipinski definition) is 2. The van der Waals surface area contributed by atoms with E-state index in [1.807, 2.05) is 78.9 Å². The molecule has 0 unspecified atom stereocenters. The lowest BCUT2D eigenvalue weighted by molar-refractivity contribution is 0.306. The van der Waals surface area contributed by atoms with E-state index in [0.717, 1.165) is 22.7 Å². The van der Waals surface area contributed by atoms with Crippen molar-refractivity contribution >= 4 is 17.5 Å². The molecule has 0 aliphatic carbocycles. The topological polar surface area (TPSA) is 72.0 Å². The number of rotatable bonds is 8. The van der Waals surface area contributed by atoms with Gasteiger partial charge in [0.05, 0.1) is 12.2 Å². The van der Waals surface area contributed by atoms with Crippen LogP contribution in [0.15, 0.2) is 91.3 Å². The molecule has 0 spiro atoms. The first kappa shape index (κ1) is 18.4. The molecule has 0 atom stereocenters. The van der Waals surface area contributed by atoms with E-state index in [-0.39, 0.29) is 0 Å². The summed E-state index contributed by atoms with van der Waals surface area (Å²) in [5.74, 6) is 2.07. The third kappa shape index (κ3) is 5.52. The second-order valence-electron chi connectivity index (χ2n) is 6.36. The molecule has 0 saturated heterocycles. The number of anilines is 3. The molecular formula is C23H21N5O. The zero-order chi connectivity index (χ0) is 19.7. The SMILES string of the molecule is c1ccc(COc2ccc(Nc3ccnc(NCc4ccccn4)n3)cc2)cc1. The molecule has 4 aromatic rings. The summed E-state index contributed by atoms with van der Waals surface area (Å²) in [4.78, 5) is 13.0. The van der Waals surface area contributed by atoms with E-state index in [9.17, 15) is 0 Å². The van der Waals surface area contributed by atoms with Gasteiger partial charge < -0.3 is 15.4 Å². The van der Waals surface area contributed by atoms with Gasteiger partial charge in [0.25, 0.3) is 0 Å². The fourth-order valence-corrected chi connectivity index (χ4v) is 2.71. The summed E-state index contributed by atoms with van der Waals surface area (Å²) in [7, 11) is 0. The quantitative estimate of drug-likeness (QED) is 0.455. The summed E-state index contributed by atoms with van der Waals surface area (Å²) in [5.41, 5.74) is 2.99. The van der Waals surface area contributed by atoms with Crippen LogP contribution >= 0.6 is 0 Å². The Balaban J connectivity index is 1.33. The van der Waals surface area contributed by atoms with Gasteiger partial charge in [-0.25, -0.2) is 4.98 Å². The third-order valence-corrected chi connectivity index (χ3v) is 4.18. The molecule has 0 fully saturated rings. The van der Waals surface area contributed by atoms with Gasteiger partial charge in [-0.1, -0.05) is 36.4 Å². The van der Waals surface area contributed by atoms with Crippen LogP contribution in [-0.2, 0) is 13.2 Å². The first-order chi connectivity index (χ1) is 14.3. The highest BCUT2D eigenvalue weighted by Crippen LogP contribution is 2.20. The van der Waals surface area contributed by atoms with E-state index >= 15 is 0 Å². The van der Waals surface area contributed by atoms with Crippen LogP contribution in [0.25, 0.3) is 0 Å². The van der Waals surface area contributed by atoms with Gasteiger partial charge in [-0.2, -0.15) is 4.98 Å². The number of hydrogen-bond acceptors (Lipinski definition) is 6. The summed E-state index contributed by atoms with van der Waals surface area (Å²) in [6.07, 6.45) is 3.48. The second-order valence-corrected chi connectivity index (χ2v) is 6.36. The maximum Gasteiger partial charge on any atom is 0.224 e. The van der Waals surface area contributed by atoms with Crippen LogP contribution in [0.1, 0.15) is 11.3 Å². The van der Waals surface area contributed by atoms with Crippen LogP contribution in [0, 0.1) is 0 Å². The van der Waals surface area contributed by atoms with E-state index in [1.54, 1.807) is 12.4 Å². The summed E-state index contributed by atoms with van der Waals surface area (Å²) < 4.78 is 5.82. The van der Waals surface area contributed by atoms with Gasteiger partial charge >= 0.3 is 0 Å². The van der Waals surface area contributed by atoms with Crippen LogP contribution < -0.4 is 15.4 Å². The van der Waals surface area contributed by atoms with Crippen molar-refractivity contribution in [3.63, 3.8) is 0 Å². The maximum atomic E-state index is 5.82. The molecule has 0 aliphatic rings. The minimum Gasteiger partial charge on any atom is -0.489 e. The molecule has 0 aliphatic heterocycles. The largest absolute Gasteiger partial charge is 0.489 e. The molecule has 144 valence electrons. The van der Waals surface area contributed by atoms with Crippen molar-refractivity contribution < 1.29 is 4.74 Å². The Hall–Kier alpha value is -3.93. The number of ether oxygens (including phenoxy) is 1. The fourth-order valence-electron chi connectivity index (χ4n) is 2.71. The first-order valence-corrected chi connectivity index (χ1v) is 9.36. The molecular weight excluding hydrogens is 362 g/mol. The zero-order valence-electron chi connectivity index (χ0n) is 15.8. The highest BCUT2D eigenvalue weighted by atomic mass is 16.5. The average Bonchev–Trinajstić information content (AvgIpc) is 2.79. The van der Waals surface area contributed by atoms with E-state index in [2.05, 4.69) is 25.6 Å². The van der Waals surface area contributed by atoms with Gasteiger partial charge in [0, 0.05) is 18.1 Å². The molecule has 0 saturated carbocycles. The fraction of sp³-hybridized carbons (Fsp3) is 0.0870. The van der Waals surface area contributed by atoms with Crippen molar-refractivity contribution in [2.24, 2.45) is 0 Å². The molecule has 2 heterocycles. The lowest BCUT2D eigenvalue weighted by Crippen LogP contribution is -2.05. The van der Waals surface area contributed by atoms with Crippen LogP contribution in [0.5, 0.6) is 5.75 Å². The maximum absolute atomic E-state index is 5.82. The van der Waals surface area contributed by atoms with Crippen LogP contribution in [-0.4, -0.2) is 15.0 Å².